The molecule has 2 aromatic carbocycles. The lowest BCUT2D eigenvalue weighted by atomic mass is 10.2. The van der Waals surface area contributed by atoms with Crippen molar-refractivity contribution in [3.8, 4) is 0 Å². The molecule has 0 aliphatic carbocycles. The summed E-state index contributed by atoms with van der Waals surface area (Å²) in [6, 6.07) is 10.00. The number of hydrogen-bond acceptors (Lipinski definition) is 4. The molecule has 2 aromatic rings. The largest absolute Gasteiger partial charge is 0.324 e. The van der Waals surface area contributed by atoms with Crippen LogP contribution in [0.3, 0.4) is 0 Å². The van der Waals surface area contributed by atoms with Crippen LogP contribution in [0.4, 0.5) is 10.1 Å². The van der Waals surface area contributed by atoms with Gasteiger partial charge in [0.25, 0.3) is 15.9 Å². The Morgan fingerprint density at radius 1 is 1.20 bits per heavy atom. The molecular formula is C16H12BrFN2O4S. The molecule has 2 amide bonds. The molecule has 0 bridgehead atoms. The minimum atomic E-state index is -3.95. The van der Waals surface area contributed by atoms with Crippen molar-refractivity contribution in [1.82, 2.24) is 4.31 Å². The van der Waals surface area contributed by atoms with Crippen LogP contribution in [-0.4, -0.2) is 31.1 Å². The fraction of sp³-hybridized carbons (Fsp3) is 0.125. The van der Waals surface area contributed by atoms with E-state index in [9.17, 15) is 22.4 Å². The number of sulfonamides is 1. The lowest BCUT2D eigenvalue weighted by Crippen LogP contribution is -2.33. The van der Waals surface area contributed by atoms with E-state index >= 15 is 0 Å². The summed E-state index contributed by atoms with van der Waals surface area (Å²) >= 11 is 3.11. The number of fused-ring (bicyclic) bond motifs is 1. The third-order valence-electron chi connectivity index (χ3n) is 3.66. The molecule has 9 heteroatoms. The second kappa shape index (κ2) is 6.57. The number of benzene rings is 2. The van der Waals surface area contributed by atoms with Gasteiger partial charge in [-0.25, -0.2) is 17.1 Å². The first-order valence-electron chi connectivity index (χ1n) is 7.22. The number of hydrogen-bond donors (Lipinski definition) is 1. The predicted molar refractivity (Wildman–Crippen MR) is 92.0 cm³/mol. The van der Waals surface area contributed by atoms with Crippen LogP contribution in [0.25, 0.3) is 0 Å². The van der Waals surface area contributed by atoms with Crippen molar-refractivity contribution in [2.45, 2.75) is 11.3 Å². The maximum Gasteiger partial charge on any atom is 0.269 e. The Morgan fingerprint density at radius 3 is 2.60 bits per heavy atom. The number of carbonyl (C=O) groups is 2. The van der Waals surface area contributed by atoms with E-state index < -0.39 is 27.7 Å². The fourth-order valence-corrected chi connectivity index (χ4v) is 4.36. The zero-order valence-electron chi connectivity index (χ0n) is 12.7. The number of amides is 2. The first-order valence-corrected chi connectivity index (χ1v) is 9.45. The summed E-state index contributed by atoms with van der Waals surface area (Å²) in [5, 5.41) is 2.36. The zero-order valence-corrected chi connectivity index (χ0v) is 15.1. The Kier molecular flexibility index (Phi) is 4.61. The molecule has 0 spiro atoms. The fourth-order valence-electron chi connectivity index (χ4n) is 2.46. The Morgan fingerprint density at radius 2 is 1.92 bits per heavy atom. The van der Waals surface area contributed by atoms with Crippen molar-refractivity contribution in [2.75, 3.05) is 11.9 Å². The normalized spacial score (nSPS) is 15.1. The molecule has 6 nitrogen and oxygen atoms in total. The second-order valence-electron chi connectivity index (χ2n) is 5.30. The van der Waals surface area contributed by atoms with E-state index in [-0.39, 0.29) is 29.1 Å². The van der Waals surface area contributed by atoms with Crippen LogP contribution < -0.4 is 5.32 Å². The quantitative estimate of drug-likeness (QED) is 0.814. The molecule has 0 atom stereocenters. The summed E-state index contributed by atoms with van der Waals surface area (Å²) in [5.74, 6) is -1.89. The van der Waals surface area contributed by atoms with Gasteiger partial charge in [-0.2, -0.15) is 0 Å². The van der Waals surface area contributed by atoms with Crippen LogP contribution in [0, 0.1) is 5.82 Å². The van der Waals surface area contributed by atoms with Crippen LogP contribution in [0.15, 0.2) is 51.8 Å². The van der Waals surface area contributed by atoms with Crippen molar-refractivity contribution in [2.24, 2.45) is 0 Å². The summed E-state index contributed by atoms with van der Waals surface area (Å²) in [4.78, 5) is 24.1. The SMILES string of the molecule is O=C(CCN1C(=O)c2ccccc2S1(=O)=O)Nc1ccc(Br)cc1F. The van der Waals surface area contributed by atoms with Crippen LogP contribution in [0.5, 0.6) is 0 Å². The lowest BCUT2D eigenvalue weighted by Gasteiger charge is -2.15. The zero-order chi connectivity index (χ0) is 18.2. The standard InChI is InChI=1S/C16H12BrFN2O4S/c17-10-5-6-13(12(18)9-10)19-15(21)7-8-20-16(22)11-3-1-2-4-14(11)25(20,23)24/h1-6,9H,7-8H2,(H,19,21). The van der Waals surface area contributed by atoms with Crippen LogP contribution in [-0.2, 0) is 14.8 Å². The molecule has 1 N–H and O–H groups in total. The van der Waals surface area contributed by atoms with Crippen LogP contribution >= 0.6 is 15.9 Å². The van der Waals surface area contributed by atoms with E-state index in [0.29, 0.717) is 8.78 Å². The number of anilines is 1. The second-order valence-corrected chi connectivity index (χ2v) is 8.05. The summed E-state index contributed by atoms with van der Waals surface area (Å²) < 4.78 is 39.6. The molecule has 130 valence electrons. The molecule has 0 radical (unpaired) electrons. The summed E-state index contributed by atoms with van der Waals surface area (Å²) in [6.07, 6.45) is -0.283. The molecular weight excluding hydrogens is 415 g/mol. The van der Waals surface area contributed by atoms with E-state index in [1.807, 2.05) is 0 Å². The number of nitrogens with zero attached hydrogens (tertiary/aromatic N) is 1. The van der Waals surface area contributed by atoms with E-state index in [1.165, 1.54) is 30.3 Å². The van der Waals surface area contributed by atoms with Crippen LogP contribution in [0.2, 0.25) is 0 Å². The van der Waals surface area contributed by atoms with Gasteiger partial charge in [-0.05, 0) is 30.3 Å². The predicted octanol–water partition coefficient (Wildman–Crippen LogP) is 2.76. The number of carbonyl (C=O) groups excluding carboxylic acids is 2. The highest BCUT2D eigenvalue weighted by Gasteiger charge is 2.40. The van der Waals surface area contributed by atoms with E-state index in [1.54, 1.807) is 12.1 Å². The maximum absolute atomic E-state index is 13.7. The van der Waals surface area contributed by atoms with Gasteiger partial charge >= 0.3 is 0 Å². The number of nitrogens with one attached hydrogen (secondary N) is 1. The Balaban J connectivity index is 1.70. The summed E-state index contributed by atoms with van der Waals surface area (Å²) in [6.45, 7) is -0.320. The van der Waals surface area contributed by atoms with Gasteiger partial charge in [-0.3, -0.25) is 9.59 Å². The average molecular weight is 427 g/mol. The molecule has 3 rings (SSSR count). The van der Waals surface area contributed by atoms with Gasteiger partial charge in [0.05, 0.1) is 11.3 Å². The van der Waals surface area contributed by atoms with Gasteiger partial charge in [-0.1, -0.05) is 28.1 Å². The van der Waals surface area contributed by atoms with Gasteiger partial charge < -0.3 is 5.32 Å². The van der Waals surface area contributed by atoms with E-state index in [0.717, 1.165) is 0 Å². The highest BCUT2D eigenvalue weighted by Crippen LogP contribution is 2.30. The van der Waals surface area contributed by atoms with Gasteiger partial charge in [0, 0.05) is 17.4 Å². The van der Waals surface area contributed by atoms with Crippen molar-refractivity contribution < 1.29 is 22.4 Å². The third-order valence-corrected chi connectivity index (χ3v) is 5.99. The topological polar surface area (TPSA) is 83.6 Å². The molecule has 1 heterocycles. The first-order chi connectivity index (χ1) is 11.8. The van der Waals surface area contributed by atoms with Crippen molar-refractivity contribution in [3.05, 3.63) is 58.3 Å². The molecule has 0 fully saturated rings. The number of halogens is 2. The molecule has 1 aliphatic rings. The smallest absolute Gasteiger partial charge is 0.269 e. The Hall–Kier alpha value is -2.26. The minimum Gasteiger partial charge on any atom is -0.324 e. The van der Waals surface area contributed by atoms with Gasteiger partial charge in [0.1, 0.15) is 10.7 Å². The minimum absolute atomic E-state index is 0.0212. The molecule has 0 saturated heterocycles. The highest BCUT2D eigenvalue weighted by atomic mass is 79.9. The first kappa shape index (κ1) is 17.6. The Bertz CT molecular complexity index is 978. The lowest BCUT2D eigenvalue weighted by molar-refractivity contribution is -0.116. The number of rotatable bonds is 4. The van der Waals surface area contributed by atoms with Gasteiger partial charge in [0.15, 0.2) is 0 Å². The van der Waals surface area contributed by atoms with E-state index in [4.69, 9.17) is 0 Å². The van der Waals surface area contributed by atoms with Crippen molar-refractivity contribution >= 4 is 43.5 Å². The maximum atomic E-state index is 13.7. The third kappa shape index (κ3) is 3.29. The van der Waals surface area contributed by atoms with Crippen LogP contribution in [0.1, 0.15) is 16.8 Å². The molecule has 0 saturated carbocycles. The highest BCUT2D eigenvalue weighted by molar-refractivity contribution is 9.10. The summed E-state index contributed by atoms with van der Waals surface area (Å²) in [7, 11) is -3.95. The van der Waals surface area contributed by atoms with E-state index in [2.05, 4.69) is 21.2 Å². The van der Waals surface area contributed by atoms with Gasteiger partial charge in [-0.15, -0.1) is 0 Å². The summed E-state index contributed by atoms with van der Waals surface area (Å²) in [5.41, 5.74) is 0.0638. The molecule has 25 heavy (non-hydrogen) atoms. The Labute approximate surface area is 151 Å². The average Bonchev–Trinajstić information content (AvgIpc) is 2.75. The monoisotopic (exact) mass is 426 g/mol. The molecule has 0 unspecified atom stereocenters. The molecule has 1 aliphatic heterocycles. The van der Waals surface area contributed by atoms with Gasteiger partial charge in [0.2, 0.25) is 5.91 Å². The van der Waals surface area contributed by atoms with Crippen molar-refractivity contribution in [1.29, 1.82) is 0 Å². The molecule has 0 aromatic heterocycles. The van der Waals surface area contributed by atoms with Crippen molar-refractivity contribution in [3.63, 3.8) is 0 Å².